The number of aryl methyl sites for hydroxylation is 1. The van der Waals surface area contributed by atoms with Crippen molar-refractivity contribution in [2.24, 2.45) is 0 Å². The fraction of sp³-hybridized carbons (Fsp3) is 0.393. The van der Waals surface area contributed by atoms with Crippen LogP contribution in [-0.2, 0) is 9.59 Å². The third-order valence-corrected chi connectivity index (χ3v) is 6.29. The number of ether oxygens (including phenoxy) is 1. The number of aromatic nitrogens is 3. The number of nitrogens with one attached hydrogen (secondary N) is 1. The number of rotatable bonds is 8. The van der Waals surface area contributed by atoms with Crippen molar-refractivity contribution >= 4 is 41.3 Å². The predicted molar refractivity (Wildman–Crippen MR) is 149 cm³/mol. The van der Waals surface area contributed by atoms with E-state index in [0.29, 0.717) is 41.4 Å². The van der Waals surface area contributed by atoms with E-state index in [4.69, 9.17) is 14.5 Å². The number of benzene rings is 1. The van der Waals surface area contributed by atoms with Crippen LogP contribution in [0.15, 0.2) is 43.1 Å². The summed E-state index contributed by atoms with van der Waals surface area (Å²) in [5, 5.41) is 3.03. The lowest BCUT2D eigenvalue weighted by atomic mass is 10.1. The Balaban J connectivity index is 0.000000934. The Morgan fingerprint density at radius 2 is 2.05 bits per heavy atom. The molecule has 1 aliphatic rings. The van der Waals surface area contributed by atoms with Gasteiger partial charge in [0.15, 0.2) is 0 Å². The topological polar surface area (TPSA) is 110 Å². The van der Waals surface area contributed by atoms with Gasteiger partial charge in [-0.3, -0.25) is 24.7 Å². The minimum absolute atomic E-state index is 0.0719. The van der Waals surface area contributed by atoms with Crippen molar-refractivity contribution in [1.82, 2.24) is 19.4 Å². The molecular formula is C28H36N6O4. The molecule has 10 heteroatoms. The molecule has 10 nitrogen and oxygen atoms in total. The summed E-state index contributed by atoms with van der Waals surface area (Å²) >= 11 is 0. The van der Waals surface area contributed by atoms with Gasteiger partial charge in [-0.1, -0.05) is 13.0 Å². The Morgan fingerprint density at radius 3 is 2.71 bits per heavy atom. The van der Waals surface area contributed by atoms with E-state index in [1.54, 1.807) is 25.4 Å². The first-order valence-corrected chi connectivity index (χ1v) is 12.7. The Kier molecular flexibility index (Phi) is 10.1. The second kappa shape index (κ2) is 13.5. The van der Waals surface area contributed by atoms with Gasteiger partial charge < -0.3 is 19.1 Å². The smallest absolute Gasteiger partial charge is 0.258 e. The van der Waals surface area contributed by atoms with Crippen molar-refractivity contribution in [3.8, 4) is 5.75 Å². The molecule has 3 heterocycles. The molecule has 4 rings (SSSR count). The molecule has 1 saturated heterocycles. The number of allylic oxidation sites excluding steroid dienone is 1. The van der Waals surface area contributed by atoms with Crippen LogP contribution in [0.2, 0.25) is 0 Å². The van der Waals surface area contributed by atoms with Crippen LogP contribution in [0.4, 0.5) is 11.6 Å². The normalized spacial score (nSPS) is 15.5. The molecule has 1 unspecified atom stereocenters. The number of pyridine rings is 1. The van der Waals surface area contributed by atoms with E-state index in [1.807, 2.05) is 26.0 Å². The molecule has 202 valence electrons. The number of imidazole rings is 1. The lowest BCUT2D eigenvalue weighted by Crippen LogP contribution is -2.28. The van der Waals surface area contributed by atoms with Crippen molar-refractivity contribution < 1.29 is 19.1 Å². The van der Waals surface area contributed by atoms with Crippen LogP contribution in [0.3, 0.4) is 0 Å². The fourth-order valence-corrected chi connectivity index (χ4v) is 4.64. The Labute approximate surface area is 223 Å². The van der Waals surface area contributed by atoms with Gasteiger partial charge in [-0.2, -0.15) is 0 Å². The Hall–Kier alpha value is -4.05. The molecule has 0 spiro atoms. The van der Waals surface area contributed by atoms with Gasteiger partial charge in [0.05, 0.1) is 17.6 Å². The maximum Gasteiger partial charge on any atom is 0.258 e. The zero-order valence-electron chi connectivity index (χ0n) is 22.5. The van der Waals surface area contributed by atoms with Gasteiger partial charge >= 0.3 is 0 Å². The molecule has 2 aromatic heterocycles. The van der Waals surface area contributed by atoms with Crippen LogP contribution >= 0.6 is 0 Å². The van der Waals surface area contributed by atoms with E-state index in [1.165, 1.54) is 11.0 Å². The highest BCUT2D eigenvalue weighted by molar-refractivity contribution is 6.05. The molecule has 38 heavy (non-hydrogen) atoms. The molecule has 1 N–H and O–H groups in total. The number of hydrogen-bond donors (Lipinski definition) is 1. The van der Waals surface area contributed by atoms with Crippen molar-refractivity contribution in [3.05, 3.63) is 54.4 Å². The molecule has 2 amide bonds. The number of hydrogen-bond acceptors (Lipinski definition) is 7. The van der Waals surface area contributed by atoms with Gasteiger partial charge in [0, 0.05) is 37.1 Å². The number of aldehydes is 1. The molecule has 0 saturated carbocycles. The molecular weight excluding hydrogens is 484 g/mol. The number of anilines is 2. The van der Waals surface area contributed by atoms with Crippen molar-refractivity contribution in [2.75, 3.05) is 44.0 Å². The number of likely N-dealkylation sites (N-methyl/N-ethyl adjacent to an activating group) is 1. The zero-order valence-corrected chi connectivity index (χ0v) is 22.5. The van der Waals surface area contributed by atoms with Crippen molar-refractivity contribution in [1.29, 1.82) is 0 Å². The first kappa shape index (κ1) is 28.5. The quantitative estimate of drug-likeness (QED) is 0.353. The van der Waals surface area contributed by atoms with Gasteiger partial charge in [0.2, 0.25) is 12.4 Å². The molecule has 1 aliphatic heterocycles. The number of amides is 2. The van der Waals surface area contributed by atoms with E-state index in [2.05, 4.69) is 33.4 Å². The maximum atomic E-state index is 13.2. The average molecular weight is 521 g/mol. The Morgan fingerprint density at radius 1 is 1.29 bits per heavy atom. The summed E-state index contributed by atoms with van der Waals surface area (Å²) < 4.78 is 7.97. The second-order valence-corrected chi connectivity index (χ2v) is 9.16. The Bertz CT molecular complexity index is 1280. The highest BCUT2D eigenvalue weighted by atomic mass is 16.5. The van der Waals surface area contributed by atoms with Crippen molar-refractivity contribution in [2.45, 2.75) is 39.2 Å². The third kappa shape index (κ3) is 6.63. The lowest BCUT2D eigenvalue weighted by Gasteiger charge is -2.26. The summed E-state index contributed by atoms with van der Waals surface area (Å²) in [4.78, 5) is 46.9. The highest BCUT2D eigenvalue weighted by Gasteiger charge is 2.28. The van der Waals surface area contributed by atoms with Crippen LogP contribution in [-0.4, -0.2) is 71.8 Å². The van der Waals surface area contributed by atoms with Gasteiger partial charge in [-0.25, -0.2) is 4.98 Å². The van der Waals surface area contributed by atoms with E-state index < -0.39 is 0 Å². The summed E-state index contributed by atoms with van der Waals surface area (Å²) in [6.45, 7) is 9.17. The number of carbonyl (C=O) groups excluding carboxylic acids is 3. The summed E-state index contributed by atoms with van der Waals surface area (Å²) in [5.74, 6) is 0.818. The van der Waals surface area contributed by atoms with E-state index in [-0.39, 0.29) is 11.9 Å². The molecule has 1 fully saturated rings. The number of fused-ring (bicyclic) bond motifs is 1. The molecule has 0 bridgehead atoms. The van der Waals surface area contributed by atoms with E-state index in [9.17, 15) is 9.59 Å². The molecule has 0 aliphatic carbocycles. The predicted octanol–water partition coefficient (Wildman–Crippen LogP) is 4.01. The van der Waals surface area contributed by atoms with E-state index >= 15 is 0 Å². The summed E-state index contributed by atoms with van der Waals surface area (Å²) in [6, 6.07) is 7.22. The van der Waals surface area contributed by atoms with Crippen LogP contribution in [0, 0.1) is 6.92 Å². The summed E-state index contributed by atoms with van der Waals surface area (Å²) in [5.41, 5.74) is 3.41. The van der Waals surface area contributed by atoms with Crippen LogP contribution < -0.4 is 15.0 Å². The summed E-state index contributed by atoms with van der Waals surface area (Å²) in [7, 11) is 3.82. The standard InChI is InChI=1S/C25H32N6O3.C3H4O/c1-5-34-21-10-9-20-22(23(21)30(4)16-32)31(19-8-6-7-13-29(3)15-19)25(27-20)28-24(33)18-11-12-26-17(2)14-18;1-2-3-4/h9-12,14,16,19H,5-8,13,15H2,1-4H3,(H,27,28,33);2-3H,1H2. The first-order chi connectivity index (χ1) is 18.3. The molecule has 0 radical (unpaired) electrons. The highest BCUT2D eigenvalue weighted by Crippen LogP contribution is 2.40. The summed E-state index contributed by atoms with van der Waals surface area (Å²) in [6.07, 6.45) is 7.35. The van der Waals surface area contributed by atoms with Gasteiger partial charge in [-0.15, -0.1) is 0 Å². The fourth-order valence-electron chi connectivity index (χ4n) is 4.64. The number of nitrogens with zero attached hydrogens (tertiary/aromatic N) is 5. The van der Waals surface area contributed by atoms with Crippen LogP contribution in [0.1, 0.15) is 48.3 Å². The van der Waals surface area contributed by atoms with Gasteiger partial charge in [-0.05, 0) is 70.6 Å². The average Bonchev–Trinajstić information content (AvgIpc) is 3.13. The molecule has 1 atom stereocenters. The van der Waals surface area contributed by atoms with Gasteiger partial charge in [0.1, 0.15) is 17.7 Å². The maximum absolute atomic E-state index is 13.2. The largest absolute Gasteiger partial charge is 0.492 e. The molecule has 3 aromatic rings. The lowest BCUT2D eigenvalue weighted by molar-refractivity contribution is -0.107. The van der Waals surface area contributed by atoms with E-state index in [0.717, 1.165) is 50.0 Å². The minimum Gasteiger partial charge on any atom is -0.492 e. The first-order valence-electron chi connectivity index (χ1n) is 12.7. The minimum atomic E-state index is -0.251. The third-order valence-electron chi connectivity index (χ3n) is 6.29. The monoisotopic (exact) mass is 520 g/mol. The number of carbonyl (C=O) groups is 3. The van der Waals surface area contributed by atoms with Crippen LogP contribution in [0.5, 0.6) is 5.75 Å². The SMILES string of the molecule is C=CC=O.CCOc1ccc2nc(NC(=O)c3ccnc(C)c3)n(C3CCCCN(C)C3)c2c1N(C)C=O. The van der Waals surface area contributed by atoms with Crippen LogP contribution in [0.25, 0.3) is 11.0 Å². The number of likely N-dealkylation sites (tertiary alicyclic amines) is 1. The van der Waals surface area contributed by atoms with Crippen molar-refractivity contribution in [3.63, 3.8) is 0 Å². The molecule has 1 aromatic carbocycles. The zero-order chi connectivity index (χ0) is 27.7. The second-order valence-electron chi connectivity index (χ2n) is 9.16. The van der Waals surface area contributed by atoms with Gasteiger partial charge in [0.25, 0.3) is 5.91 Å².